The number of thioether (sulfide) groups is 1. The predicted molar refractivity (Wildman–Crippen MR) is 79.5 cm³/mol. The quantitative estimate of drug-likeness (QED) is 0.642. The van der Waals surface area contributed by atoms with Gasteiger partial charge in [0.15, 0.2) is 0 Å². The van der Waals surface area contributed by atoms with Crippen LogP contribution in [0.25, 0.3) is 10.9 Å². The number of fused-ring (bicyclic) bond motifs is 1. The first kappa shape index (κ1) is 13.3. The Labute approximate surface area is 112 Å². The SMILES string of the molecule is CCSCC(NN)c1ccc2nc(C)ccc2c1. The van der Waals surface area contributed by atoms with E-state index in [1.165, 1.54) is 10.9 Å². The van der Waals surface area contributed by atoms with Crippen LogP contribution in [0.2, 0.25) is 0 Å². The number of nitrogens with two attached hydrogens (primary N) is 1. The summed E-state index contributed by atoms with van der Waals surface area (Å²) < 4.78 is 0. The largest absolute Gasteiger partial charge is 0.271 e. The Morgan fingerprint density at radius 2 is 2.17 bits per heavy atom. The zero-order valence-electron chi connectivity index (χ0n) is 10.8. The van der Waals surface area contributed by atoms with Crippen LogP contribution in [-0.4, -0.2) is 16.5 Å². The summed E-state index contributed by atoms with van der Waals surface area (Å²) in [7, 11) is 0. The van der Waals surface area contributed by atoms with Crippen LogP contribution in [0.3, 0.4) is 0 Å². The Hall–Kier alpha value is -1.10. The Bertz CT molecular complexity index is 527. The van der Waals surface area contributed by atoms with Gasteiger partial charge in [0, 0.05) is 16.8 Å². The minimum Gasteiger partial charge on any atom is -0.271 e. The first-order valence-corrected chi connectivity index (χ1v) is 7.31. The molecule has 2 aromatic rings. The van der Waals surface area contributed by atoms with Gasteiger partial charge in [0.05, 0.1) is 11.6 Å². The number of rotatable bonds is 5. The Kier molecular flexibility index (Phi) is 4.58. The first-order valence-electron chi connectivity index (χ1n) is 6.15. The van der Waals surface area contributed by atoms with Crippen LogP contribution >= 0.6 is 11.8 Å². The molecule has 1 atom stereocenters. The molecule has 2 rings (SSSR count). The summed E-state index contributed by atoms with van der Waals surface area (Å²) in [5.41, 5.74) is 6.19. The van der Waals surface area contributed by atoms with E-state index in [-0.39, 0.29) is 6.04 Å². The topological polar surface area (TPSA) is 50.9 Å². The lowest BCUT2D eigenvalue weighted by molar-refractivity contribution is 0.611. The molecule has 1 unspecified atom stereocenters. The van der Waals surface area contributed by atoms with E-state index in [0.717, 1.165) is 22.7 Å². The average Bonchev–Trinajstić information content (AvgIpc) is 2.39. The lowest BCUT2D eigenvalue weighted by Crippen LogP contribution is -2.29. The van der Waals surface area contributed by atoms with Gasteiger partial charge in [0.25, 0.3) is 0 Å². The van der Waals surface area contributed by atoms with Crippen molar-refractivity contribution in [2.45, 2.75) is 19.9 Å². The standard InChI is InChI=1S/C14H19N3S/c1-3-18-9-14(17-15)12-6-7-13-11(8-12)5-4-10(2)16-13/h4-8,14,17H,3,9,15H2,1-2H3. The molecule has 96 valence electrons. The second-order valence-electron chi connectivity index (χ2n) is 4.28. The molecular weight excluding hydrogens is 242 g/mol. The molecule has 1 heterocycles. The third-order valence-corrected chi connectivity index (χ3v) is 3.92. The van der Waals surface area contributed by atoms with Crippen LogP contribution in [-0.2, 0) is 0 Å². The zero-order chi connectivity index (χ0) is 13.0. The van der Waals surface area contributed by atoms with Crippen molar-refractivity contribution in [3.63, 3.8) is 0 Å². The zero-order valence-corrected chi connectivity index (χ0v) is 11.6. The van der Waals surface area contributed by atoms with Crippen molar-refractivity contribution in [1.82, 2.24) is 10.4 Å². The van der Waals surface area contributed by atoms with Crippen molar-refractivity contribution in [3.8, 4) is 0 Å². The van der Waals surface area contributed by atoms with Gasteiger partial charge in [0.1, 0.15) is 0 Å². The van der Waals surface area contributed by atoms with Gasteiger partial charge in [-0.1, -0.05) is 19.1 Å². The van der Waals surface area contributed by atoms with Crippen LogP contribution in [0.5, 0.6) is 0 Å². The molecule has 0 aliphatic rings. The molecule has 0 aliphatic heterocycles. The second-order valence-corrected chi connectivity index (χ2v) is 5.60. The van der Waals surface area contributed by atoms with Crippen molar-refractivity contribution >= 4 is 22.7 Å². The summed E-state index contributed by atoms with van der Waals surface area (Å²) in [4.78, 5) is 4.51. The van der Waals surface area contributed by atoms with Crippen molar-refractivity contribution in [2.75, 3.05) is 11.5 Å². The maximum absolute atomic E-state index is 5.63. The fourth-order valence-electron chi connectivity index (χ4n) is 1.94. The van der Waals surface area contributed by atoms with Gasteiger partial charge in [-0.3, -0.25) is 16.3 Å². The fourth-order valence-corrected chi connectivity index (χ4v) is 2.70. The van der Waals surface area contributed by atoms with Gasteiger partial charge in [-0.05, 0) is 36.4 Å². The predicted octanol–water partition coefficient (Wildman–Crippen LogP) is 2.80. The van der Waals surface area contributed by atoms with Gasteiger partial charge in [-0.2, -0.15) is 11.8 Å². The van der Waals surface area contributed by atoms with Gasteiger partial charge in [-0.25, -0.2) is 0 Å². The molecule has 0 saturated carbocycles. The smallest absolute Gasteiger partial charge is 0.0705 e. The van der Waals surface area contributed by atoms with Gasteiger partial charge in [-0.15, -0.1) is 0 Å². The molecule has 18 heavy (non-hydrogen) atoms. The lowest BCUT2D eigenvalue weighted by Gasteiger charge is -2.16. The third-order valence-electron chi connectivity index (χ3n) is 2.94. The average molecular weight is 261 g/mol. The van der Waals surface area contributed by atoms with Gasteiger partial charge < -0.3 is 0 Å². The van der Waals surface area contributed by atoms with Gasteiger partial charge >= 0.3 is 0 Å². The molecule has 1 aromatic heterocycles. The summed E-state index contributed by atoms with van der Waals surface area (Å²) in [6, 6.07) is 10.7. The second kappa shape index (κ2) is 6.18. The highest BCUT2D eigenvalue weighted by atomic mass is 32.2. The number of benzene rings is 1. The highest BCUT2D eigenvalue weighted by Crippen LogP contribution is 2.22. The summed E-state index contributed by atoms with van der Waals surface area (Å²) >= 11 is 1.89. The Balaban J connectivity index is 2.30. The minimum absolute atomic E-state index is 0.195. The van der Waals surface area contributed by atoms with E-state index in [9.17, 15) is 0 Å². The van der Waals surface area contributed by atoms with Crippen LogP contribution in [0, 0.1) is 6.92 Å². The molecule has 3 nitrogen and oxygen atoms in total. The van der Waals surface area contributed by atoms with E-state index in [1.807, 2.05) is 24.8 Å². The number of nitrogens with one attached hydrogen (secondary N) is 1. The van der Waals surface area contributed by atoms with Crippen LogP contribution in [0.4, 0.5) is 0 Å². The fraction of sp³-hybridized carbons (Fsp3) is 0.357. The molecule has 0 fully saturated rings. The van der Waals surface area contributed by atoms with E-state index in [2.05, 4.69) is 41.6 Å². The van der Waals surface area contributed by atoms with E-state index in [0.29, 0.717) is 0 Å². The molecule has 0 aliphatic carbocycles. The number of pyridine rings is 1. The maximum atomic E-state index is 5.63. The van der Waals surface area contributed by atoms with Crippen molar-refractivity contribution < 1.29 is 0 Å². The molecule has 4 heteroatoms. The highest BCUT2D eigenvalue weighted by molar-refractivity contribution is 7.99. The summed E-state index contributed by atoms with van der Waals surface area (Å²) in [5, 5.41) is 1.17. The number of aryl methyl sites for hydroxylation is 1. The van der Waals surface area contributed by atoms with Crippen molar-refractivity contribution in [2.24, 2.45) is 5.84 Å². The van der Waals surface area contributed by atoms with Crippen LogP contribution in [0.1, 0.15) is 24.2 Å². The number of aromatic nitrogens is 1. The molecule has 0 saturated heterocycles. The monoisotopic (exact) mass is 261 g/mol. The van der Waals surface area contributed by atoms with Gasteiger partial charge in [0.2, 0.25) is 0 Å². The van der Waals surface area contributed by atoms with E-state index >= 15 is 0 Å². The molecule has 1 aromatic carbocycles. The summed E-state index contributed by atoms with van der Waals surface area (Å²) in [6.07, 6.45) is 0. The van der Waals surface area contributed by atoms with Crippen LogP contribution < -0.4 is 11.3 Å². The minimum atomic E-state index is 0.195. The van der Waals surface area contributed by atoms with Crippen molar-refractivity contribution in [3.05, 3.63) is 41.6 Å². The lowest BCUT2D eigenvalue weighted by atomic mass is 10.1. The molecular formula is C14H19N3S. The van der Waals surface area contributed by atoms with E-state index in [1.54, 1.807) is 0 Å². The molecule has 0 radical (unpaired) electrons. The van der Waals surface area contributed by atoms with E-state index in [4.69, 9.17) is 5.84 Å². The van der Waals surface area contributed by atoms with Crippen LogP contribution in [0.15, 0.2) is 30.3 Å². The first-order chi connectivity index (χ1) is 8.74. The maximum Gasteiger partial charge on any atom is 0.0705 e. The molecule has 0 bridgehead atoms. The number of hydrogen-bond acceptors (Lipinski definition) is 4. The molecule has 3 N–H and O–H groups in total. The number of hydrazine groups is 1. The summed E-state index contributed by atoms with van der Waals surface area (Å²) in [6.45, 7) is 4.17. The molecule has 0 spiro atoms. The summed E-state index contributed by atoms with van der Waals surface area (Å²) in [5.74, 6) is 7.72. The number of hydrogen-bond donors (Lipinski definition) is 2. The highest BCUT2D eigenvalue weighted by Gasteiger charge is 2.10. The number of nitrogens with zero attached hydrogens (tertiary/aromatic N) is 1. The Morgan fingerprint density at radius 1 is 1.33 bits per heavy atom. The van der Waals surface area contributed by atoms with Crippen molar-refractivity contribution in [1.29, 1.82) is 0 Å². The Morgan fingerprint density at radius 3 is 2.89 bits per heavy atom. The normalized spacial score (nSPS) is 12.8. The third kappa shape index (κ3) is 3.02. The van der Waals surface area contributed by atoms with E-state index < -0.39 is 0 Å². The molecule has 0 amide bonds.